The maximum Gasteiger partial charge on any atom is 0.263 e. The van der Waals surface area contributed by atoms with Crippen LogP contribution in [0.3, 0.4) is 0 Å². The van der Waals surface area contributed by atoms with Crippen molar-refractivity contribution in [1.29, 1.82) is 0 Å². The number of methoxy groups -OCH3 is 2. The Kier molecular flexibility index (Phi) is 4.83. The van der Waals surface area contributed by atoms with Gasteiger partial charge in [-0.05, 0) is 23.8 Å². The van der Waals surface area contributed by atoms with E-state index in [2.05, 4.69) is 4.98 Å². The molecule has 0 aliphatic rings. The Morgan fingerprint density at radius 2 is 1.89 bits per heavy atom. The molecule has 2 aromatic heterocycles. The van der Waals surface area contributed by atoms with Crippen molar-refractivity contribution < 1.29 is 13.9 Å². The fourth-order valence-electron chi connectivity index (χ4n) is 3.11. The molecule has 2 aromatic carbocycles. The molecule has 28 heavy (non-hydrogen) atoms. The lowest BCUT2D eigenvalue weighted by molar-refractivity contribution is 0.355. The summed E-state index contributed by atoms with van der Waals surface area (Å²) < 4.78 is 26.1. The molecule has 0 atom stereocenters. The number of benzene rings is 2. The van der Waals surface area contributed by atoms with E-state index >= 15 is 0 Å². The van der Waals surface area contributed by atoms with Crippen LogP contribution in [-0.4, -0.2) is 23.8 Å². The molecule has 2 heterocycles. The van der Waals surface area contributed by atoms with Gasteiger partial charge in [0.05, 0.1) is 32.5 Å². The summed E-state index contributed by atoms with van der Waals surface area (Å²) in [5.41, 5.74) is 1.82. The van der Waals surface area contributed by atoms with E-state index in [1.54, 1.807) is 38.5 Å². The summed E-state index contributed by atoms with van der Waals surface area (Å²) in [6.45, 7) is 0.121. The molecule has 0 saturated heterocycles. The second-order valence-electron chi connectivity index (χ2n) is 6.17. The average molecular weight is 396 g/mol. The molecule has 0 N–H and O–H groups in total. The summed E-state index contributed by atoms with van der Waals surface area (Å²) in [6, 6.07) is 11.9. The maximum atomic E-state index is 14.0. The first-order chi connectivity index (χ1) is 13.6. The number of hydrogen-bond donors (Lipinski definition) is 0. The SMILES string of the molecule is COc1ccc(-c2csc3ncn(Cc4ccccc4F)c(=O)c23)cc1OC. The highest BCUT2D eigenvalue weighted by atomic mass is 32.1. The molecule has 0 aliphatic heterocycles. The molecule has 0 aliphatic carbocycles. The lowest BCUT2D eigenvalue weighted by Crippen LogP contribution is -2.21. The van der Waals surface area contributed by atoms with Gasteiger partial charge >= 0.3 is 0 Å². The Morgan fingerprint density at radius 3 is 2.64 bits per heavy atom. The number of rotatable bonds is 5. The Labute approximate surface area is 164 Å². The third-order valence-electron chi connectivity index (χ3n) is 4.55. The van der Waals surface area contributed by atoms with Gasteiger partial charge in [-0.2, -0.15) is 0 Å². The summed E-state index contributed by atoms with van der Waals surface area (Å²) in [6.07, 6.45) is 1.46. The van der Waals surface area contributed by atoms with Crippen LogP contribution in [0.5, 0.6) is 11.5 Å². The molecule has 0 unspecified atom stereocenters. The predicted octanol–water partition coefficient (Wildman–Crippen LogP) is 4.33. The van der Waals surface area contributed by atoms with Gasteiger partial charge in [-0.15, -0.1) is 11.3 Å². The molecule has 0 saturated carbocycles. The van der Waals surface area contributed by atoms with Crippen molar-refractivity contribution >= 4 is 21.6 Å². The number of aromatic nitrogens is 2. The molecule has 4 aromatic rings. The second-order valence-corrected chi connectivity index (χ2v) is 7.03. The molecule has 142 valence electrons. The van der Waals surface area contributed by atoms with Crippen molar-refractivity contribution in [1.82, 2.24) is 9.55 Å². The molecule has 4 rings (SSSR count). The number of ether oxygens (including phenoxy) is 2. The van der Waals surface area contributed by atoms with Crippen molar-refractivity contribution in [2.45, 2.75) is 6.54 Å². The highest BCUT2D eigenvalue weighted by molar-refractivity contribution is 7.17. The molecule has 7 heteroatoms. The minimum Gasteiger partial charge on any atom is -0.493 e. The molecule has 0 bridgehead atoms. The quantitative estimate of drug-likeness (QED) is 0.504. The number of halogens is 1. The number of nitrogens with zero attached hydrogens (tertiary/aromatic N) is 2. The van der Waals surface area contributed by atoms with E-state index in [1.807, 2.05) is 17.5 Å². The van der Waals surface area contributed by atoms with E-state index in [1.165, 1.54) is 28.3 Å². The third kappa shape index (κ3) is 3.14. The van der Waals surface area contributed by atoms with Crippen molar-refractivity contribution in [3.63, 3.8) is 0 Å². The molecular formula is C21H17FN2O3S. The molecule has 0 fully saturated rings. The summed E-state index contributed by atoms with van der Waals surface area (Å²) in [4.78, 5) is 18.2. The number of fused-ring (bicyclic) bond motifs is 1. The summed E-state index contributed by atoms with van der Waals surface area (Å²) in [7, 11) is 3.14. The zero-order chi connectivity index (χ0) is 19.7. The van der Waals surface area contributed by atoms with Crippen molar-refractivity contribution in [2.24, 2.45) is 0 Å². The van der Waals surface area contributed by atoms with Crippen molar-refractivity contribution in [3.8, 4) is 22.6 Å². The maximum absolute atomic E-state index is 14.0. The van der Waals surface area contributed by atoms with Gasteiger partial charge in [-0.25, -0.2) is 9.37 Å². The number of hydrogen-bond acceptors (Lipinski definition) is 5. The summed E-state index contributed by atoms with van der Waals surface area (Å²) in [5, 5.41) is 2.41. The van der Waals surface area contributed by atoms with Crippen LogP contribution >= 0.6 is 11.3 Å². The van der Waals surface area contributed by atoms with Gasteiger partial charge in [0.2, 0.25) is 0 Å². The minimum absolute atomic E-state index is 0.121. The van der Waals surface area contributed by atoms with Crippen LogP contribution in [0, 0.1) is 5.82 Å². The fraction of sp³-hybridized carbons (Fsp3) is 0.143. The van der Waals surface area contributed by atoms with Crippen molar-refractivity contribution in [3.05, 3.63) is 75.9 Å². The smallest absolute Gasteiger partial charge is 0.263 e. The predicted molar refractivity (Wildman–Crippen MR) is 108 cm³/mol. The first-order valence-corrected chi connectivity index (χ1v) is 9.42. The number of thiophene rings is 1. The van der Waals surface area contributed by atoms with Gasteiger partial charge in [0.15, 0.2) is 11.5 Å². The monoisotopic (exact) mass is 396 g/mol. The molecule has 0 radical (unpaired) electrons. The van der Waals surface area contributed by atoms with Crippen LogP contribution < -0.4 is 15.0 Å². The Hall–Kier alpha value is -3.19. The lowest BCUT2D eigenvalue weighted by Gasteiger charge is -2.10. The van der Waals surface area contributed by atoms with Crippen LogP contribution in [0.1, 0.15) is 5.56 Å². The normalized spacial score (nSPS) is 11.0. The standard InChI is InChI=1S/C21H17FN2O3S/c1-26-17-8-7-13(9-18(17)27-2)15-11-28-20-19(15)21(25)24(12-23-20)10-14-5-3-4-6-16(14)22/h3-9,11-12H,10H2,1-2H3. The van der Waals surface area contributed by atoms with E-state index in [4.69, 9.17) is 9.47 Å². The Morgan fingerprint density at radius 1 is 1.11 bits per heavy atom. The van der Waals surface area contributed by atoms with Crippen LogP contribution in [0.15, 0.2) is 59.0 Å². The van der Waals surface area contributed by atoms with E-state index < -0.39 is 0 Å². The van der Waals surface area contributed by atoms with Gasteiger partial charge in [-0.1, -0.05) is 24.3 Å². The highest BCUT2D eigenvalue weighted by Crippen LogP contribution is 2.36. The summed E-state index contributed by atoms with van der Waals surface area (Å²) in [5.74, 6) is 0.843. The van der Waals surface area contributed by atoms with Gasteiger partial charge in [0, 0.05) is 16.5 Å². The Balaban J connectivity index is 1.83. The molecule has 0 spiro atoms. The van der Waals surface area contributed by atoms with E-state index in [0.29, 0.717) is 27.3 Å². The van der Waals surface area contributed by atoms with Crippen LogP contribution in [0.4, 0.5) is 4.39 Å². The molecular weight excluding hydrogens is 379 g/mol. The van der Waals surface area contributed by atoms with E-state index in [0.717, 1.165) is 11.1 Å². The zero-order valence-electron chi connectivity index (χ0n) is 15.3. The molecule has 5 nitrogen and oxygen atoms in total. The van der Waals surface area contributed by atoms with E-state index in [-0.39, 0.29) is 17.9 Å². The largest absolute Gasteiger partial charge is 0.493 e. The highest BCUT2D eigenvalue weighted by Gasteiger charge is 2.16. The fourth-order valence-corrected chi connectivity index (χ4v) is 4.01. The third-order valence-corrected chi connectivity index (χ3v) is 5.44. The van der Waals surface area contributed by atoms with Crippen LogP contribution in [0.25, 0.3) is 21.3 Å². The zero-order valence-corrected chi connectivity index (χ0v) is 16.1. The Bertz CT molecular complexity index is 1220. The molecule has 0 amide bonds. The first kappa shape index (κ1) is 18.2. The summed E-state index contributed by atoms with van der Waals surface area (Å²) >= 11 is 1.39. The van der Waals surface area contributed by atoms with Gasteiger partial charge in [0.25, 0.3) is 5.56 Å². The van der Waals surface area contributed by atoms with E-state index in [9.17, 15) is 9.18 Å². The van der Waals surface area contributed by atoms with Gasteiger partial charge in [0.1, 0.15) is 10.6 Å². The average Bonchev–Trinajstić information content (AvgIpc) is 3.16. The van der Waals surface area contributed by atoms with Gasteiger partial charge < -0.3 is 9.47 Å². The van der Waals surface area contributed by atoms with Crippen LogP contribution in [-0.2, 0) is 6.54 Å². The lowest BCUT2D eigenvalue weighted by atomic mass is 10.1. The van der Waals surface area contributed by atoms with Crippen molar-refractivity contribution in [2.75, 3.05) is 14.2 Å². The second kappa shape index (κ2) is 7.44. The van der Waals surface area contributed by atoms with Gasteiger partial charge in [-0.3, -0.25) is 9.36 Å². The first-order valence-electron chi connectivity index (χ1n) is 8.55. The van der Waals surface area contributed by atoms with Crippen LogP contribution in [0.2, 0.25) is 0 Å². The topological polar surface area (TPSA) is 53.4 Å². The minimum atomic E-state index is -0.347.